The van der Waals surface area contributed by atoms with E-state index in [0.29, 0.717) is 13.0 Å². The first-order chi connectivity index (χ1) is 16.7. The molecule has 4 aliphatic rings. The van der Waals surface area contributed by atoms with Crippen molar-refractivity contribution >= 4 is 17.8 Å². The van der Waals surface area contributed by atoms with Crippen LogP contribution in [0, 0.1) is 11.8 Å². The lowest BCUT2D eigenvalue weighted by atomic mass is 9.73. The van der Waals surface area contributed by atoms with Crippen LogP contribution in [0.4, 0.5) is 0 Å². The van der Waals surface area contributed by atoms with Crippen molar-refractivity contribution in [3.05, 3.63) is 42.0 Å². The van der Waals surface area contributed by atoms with E-state index in [1.165, 1.54) is 0 Å². The number of amides is 2. The number of hydrogen-bond donors (Lipinski definition) is 2. The summed E-state index contributed by atoms with van der Waals surface area (Å²) < 4.78 is 11.5. The predicted molar refractivity (Wildman–Crippen MR) is 133 cm³/mol. The number of para-hydroxylation sites is 1. The van der Waals surface area contributed by atoms with Crippen LogP contribution in [0.5, 0.6) is 5.75 Å². The van der Waals surface area contributed by atoms with Crippen LogP contribution in [-0.2, 0) is 14.3 Å². The molecule has 2 unspecified atom stereocenters. The molecule has 1 spiro atoms. The van der Waals surface area contributed by atoms with Crippen LogP contribution in [0.15, 0.2) is 41.4 Å². The minimum Gasteiger partial charge on any atom is -0.487 e. The van der Waals surface area contributed by atoms with Gasteiger partial charge in [-0.25, -0.2) is 4.99 Å². The second kappa shape index (κ2) is 8.97. The number of hydrogen-bond acceptors (Lipinski definition) is 6. The fourth-order valence-corrected chi connectivity index (χ4v) is 5.81. The molecule has 1 aromatic carbocycles. The Kier molecular flexibility index (Phi) is 6.11. The van der Waals surface area contributed by atoms with E-state index in [4.69, 9.17) is 15.2 Å². The van der Waals surface area contributed by atoms with E-state index in [-0.39, 0.29) is 53.7 Å². The van der Waals surface area contributed by atoms with E-state index in [1.54, 1.807) is 12.0 Å². The molecule has 1 aromatic rings. The zero-order valence-corrected chi connectivity index (χ0v) is 20.8. The number of nitrogens with zero attached hydrogens (tertiary/aromatic N) is 2. The second-order valence-electron chi connectivity index (χ2n) is 11.0. The summed E-state index contributed by atoms with van der Waals surface area (Å²) >= 11 is 0. The van der Waals surface area contributed by atoms with E-state index >= 15 is 0 Å². The van der Waals surface area contributed by atoms with Crippen LogP contribution in [0.25, 0.3) is 0 Å². The minimum atomic E-state index is -0.521. The summed E-state index contributed by atoms with van der Waals surface area (Å²) in [5.41, 5.74) is 6.63. The summed E-state index contributed by atoms with van der Waals surface area (Å²) in [5.74, 6) is 0.851. The van der Waals surface area contributed by atoms with Gasteiger partial charge in [0.1, 0.15) is 11.4 Å². The first-order valence-corrected chi connectivity index (χ1v) is 12.6. The SMILES string of the molecule is COC/C=C/C([C@H]1CC1C(=O)N[C@H]1CC2(CCC2)Oc2ccccc21)N1C(=O)CC(C)(C)N=C1N. The maximum atomic E-state index is 13.4. The van der Waals surface area contributed by atoms with Crippen molar-refractivity contribution < 1.29 is 19.1 Å². The van der Waals surface area contributed by atoms with Crippen molar-refractivity contribution in [2.24, 2.45) is 22.6 Å². The van der Waals surface area contributed by atoms with Gasteiger partial charge in [-0.3, -0.25) is 14.5 Å². The van der Waals surface area contributed by atoms with Crippen LogP contribution >= 0.6 is 0 Å². The first-order valence-electron chi connectivity index (χ1n) is 12.6. The molecule has 35 heavy (non-hydrogen) atoms. The highest BCUT2D eigenvalue weighted by Gasteiger charge is 2.53. The molecule has 188 valence electrons. The molecule has 0 saturated heterocycles. The van der Waals surface area contributed by atoms with E-state index in [0.717, 1.165) is 37.0 Å². The maximum Gasteiger partial charge on any atom is 0.232 e. The number of guanidine groups is 1. The molecule has 0 radical (unpaired) electrons. The molecule has 0 aromatic heterocycles. The molecule has 4 atom stereocenters. The summed E-state index contributed by atoms with van der Waals surface area (Å²) in [4.78, 5) is 32.6. The van der Waals surface area contributed by atoms with Crippen molar-refractivity contribution in [3.8, 4) is 5.75 Å². The first kappa shape index (κ1) is 23.9. The van der Waals surface area contributed by atoms with Crippen molar-refractivity contribution in [3.63, 3.8) is 0 Å². The standard InChI is InChI=1S/C27H36N4O4/c1-26(2)16-23(32)31(25(28)30-26)21(9-6-13-34-3)18-14-19(18)24(33)29-20-15-27(11-7-12-27)35-22-10-5-4-8-17(20)22/h4-6,8-10,18-21H,7,11-16H2,1-3H3,(H2,28,30)(H,29,33)/b9-6+/t18-,19?,20-,21?/m0/s1. The molecule has 0 bridgehead atoms. The third kappa shape index (κ3) is 4.68. The Morgan fingerprint density at radius 2 is 2.14 bits per heavy atom. The van der Waals surface area contributed by atoms with Gasteiger partial charge < -0.3 is 20.5 Å². The quantitative estimate of drug-likeness (QED) is 0.584. The van der Waals surface area contributed by atoms with Gasteiger partial charge in [-0.05, 0) is 51.5 Å². The van der Waals surface area contributed by atoms with Crippen molar-refractivity contribution in [2.75, 3.05) is 13.7 Å². The molecule has 2 saturated carbocycles. The molecule has 8 heteroatoms. The zero-order chi connectivity index (χ0) is 24.8. The van der Waals surface area contributed by atoms with Gasteiger partial charge in [-0.1, -0.05) is 30.4 Å². The van der Waals surface area contributed by atoms with Gasteiger partial charge in [0.05, 0.1) is 30.7 Å². The van der Waals surface area contributed by atoms with Gasteiger partial charge in [0, 0.05) is 25.0 Å². The number of aliphatic imine (C=N–C) groups is 1. The Morgan fingerprint density at radius 3 is 2.83 bits per heavy atom. The number of nitrogens with two attached hydrogens (primary N) is 1. The fourth-order valence-electron chi connectivity index (χ4n) is 5.81. The van der Waals surface area contributed by atoms with Crippen molar-refractivity contribution in [2.45, 2.75) is 75.6 Å². The smallest absolute Gasteiger partial charge is 0.232 e. The van der Waals surface area contributed by atoms with Gasteiger partial charge in [0.15, 0.2) is 5.96 Å². The summed E-state index contributed by atoms with van der Waals surface area (Å²) in [5, 5.41) is 3.32. The van der Waals surface area contributed by atoms with Gasteiger partial charge in [-0.2, -0.15) is 0 Å². The Bertz CT molecular complexity index is 1060. The van der Waals surface area contributed by atoms with Gasteiger partial charge in [0.2, 0.25) is 11.8 Å². The van der Waals surface area contributed by atoms with Crippen LogP contribution in [0.1, 0.15) is 64.0 Å². The number of ether oxygens (including phenoxy) is 2. The van der Waals surface area contributed by atoms with Crippen molar-refractivity contribution in [1.82, 2.24) is 10.2 Å². The maximum absolute atomic E-state index is 13.4. The van der Waals surface area contributed by atoms with Crippen LogP contribution in [-0.4, -0.2) is 53.6 Å². The van der Waals surface area contributed by atoms with Crippen LogP contribution in [0.3, 0.4) is 0 Å². The number of nitrogens with one attached hydrogen (secondary N) is 1. The van der Waals surface area contributed by atoms with E-state index in [2.05, 4.69) is 10.3 Å². The van der Waals surface area contributed by atoms with E-state index < -0.39 is 5.54 Å². The summed E-state index contributed by atoms with van der Waals surface area (Å²) in [6, 6.07) is 7.61. The summed E-state index contributed by atoms with van der Waals surface area (Å²) in [6.45, 7) is 4.23. The number of methoxy groups -OCH3 is 1. The molecule has 3 N–H and O–H groups in total. The molecule has 5 rings (SSSR count). The molecule has 2 aliphatic carbocycles. The normalized spacial score (nSPS) is 29.1. The number of benzene rings is 1. The number of carbonyl (C=O) groups is 2. The topological polar surface area (TPSA) is 106 Å². The minimum absolute atomic E-state index is 0.0187. The highest BCUT2D eigenvalue weighted by atomic mass is 16.5. The van der Waals surface area contributed by atoms with E-state index in [1.807, 2.05) is 50.3 Å². The van der Waals surface area contributed by atoms with Gasteiger partial charge in [-0.15, -0.1) is 0 Å². The lowest BCUT2D eigenvalue weighted by Gasteiger charge is -2.48. The Morgan fingerprint density at radius 1 is 1.37 bits per heavy atom. The van der Waals surface area contributed by atoms with Gasteiger partial charge in [0.25, 0.3) is 0 Å². The molecule has 2 fully saturated rings. The number of rotatable bonds is 7. The fraction of sp³-hybridized carbons (Fsp3) is 0.593. The van der Waals surface area contributed by atoms with E-state index in [9.17, 15) is 9.59 Å². The van der Waals surface area contributed by atoms with Crippen molar-refractivity contribution in [1.29, 1.82) is 0 Å². The van der Waals surface area contributed by atoms with Gasteiger partial charge >= 0.3 is 0 Å². The number of carbonyl (C=O) groups excluding carboxylic acids is 2. The zero-order valence-electron chi connectivity index (χ0n) is 20.8. The Balaban J connectivity index is 1.33. The molecule has 8 nitrogen and oxygen atoms in total. The lowest BCUT2D eigenvalue weighted by Crippen LogP contribution is -2.54. The molecular formula is C27H36N4O4. The van der Waals surface area contributed by atoms with Crippen LogP contribution < -0.4 is 15.8 Å². The second-order valence-corrected chi connectivity index (χ2v) is 11.0. The summed E-state index contributed by atoms with van der Waals surface area (Å²) in [7, 11) is 1.62. The summed E-state index contributed by atoms with van der Waals surface area (Å²) in [6.07, 6.45) is 8.81. The van der Waals surface area contributed by atoms with Crippen LogP contribution in [0.2, 0.25) is 0 Å². The third-order valence-corrected chi connectivity index (χ3v) is 7.80. The Labute approximate surface area is 206 Å². The average molecular weight is 481 g/mol. The average Bonchev–Trinajstić information content (AvgIpc) is 3.56. The highest BCUT2D eigenvalue weighted by Crippen LogP contribution is 2.50. The predicted octanol–water partition coefficient (Wildman–Crippen LogP) is 3.08. The third-order valence-electron chi connectivity index (χ3n) is 7.80. The number of fused-ring (bicyclic) bond motifs is 1. The monoisotopic (exact) mass is 480 g/mol. The molecule has 2 heterocycles. The molecular weight excluding hydrogens is 444 g/mol. The lowest BCUT2D eigenvalue weighted by molar-refractivity contribution is -0.131. The molecule has 2 aliphatic heterocycles. The molecule has 2 amide bonds. The largest absolute Gasteiger partial charge is 0.487 e. The highest BCUT2D eigenvalue weighted by molar-refractivity contribution is 5.99. The Hall–Kier alpha value is -2.87.